The predicted molar refractivity (Wildman–Crippen MR) is 88.7 cm³/mol. The molecule has 1 N–H and O–H groups in total. The van der Waals surface area contributed by atoms with Crippen LogP contribution in [0.4, 0.5) is 0 Å². The number of carbonyl (C=O) groups is 2. The van der Waals surface area contributed by atoms with E-state index in [1.165, 1.54) is 18.3 Å². The van der Waals surface area contributed by atoms with Crippen LogP contribution in [0.15, 0.2) is 60.8 Å². The van der Waals surface area contributed by atoms with Crippen LogP contribution >= 0.6 is 23.2 Å². The zero-order valence-corrected chi connectivity index (χ0v) is 13.1. The Morgan fingerprint density at radius 3 is 2.36 bits per heavy atom. The Hall–Kier alpha value is -2.10. The van der Waals surface area contributed by atoms with Gasteiger partial charge in [-0.1, -0.05) is 53.5 Å². The van der Waals surface area contributed by atoms with Crippen LogP contribution < -0.4 is 5.32 Å². The van der Waals surface area contributed by atoms with E-state index in [1.54, 1.807) is 36.4 Å². The number of nitrogens with one attached hydrogen (secondary N) is 1. The minimum Gasteiger partial charge on any atom is -0.383 e. The number of hydrogen-bond donors (Lipinski definition) is 1. The lowest BCUT2D eigenvalue weighted by atomic mass is 10.1. The van der Waals surface area contributed by atoms with Gasteiger partial charge in [-0.25, -0.2) is 0 Å². The molecule has 0 aliphatic rings. The normalized spacial score (nSPS) is 10.6. The van der Waals surface area contributed by atoms with E-state index in [4.69, 9.17) is 23.2 Å². The van der Waals surface area contributed by atoms with Crippen molar-refractivity contribution in [2.75, 3.05) is 6.54 Å². The number of allylic oxidation sites excluding steroid dienone is 1. The van der Waals surface area contributed by atoms with Gasteiger partial charge in [0.2, 0.25) is 0 Å². The van der Waals surface area contributed by atoms with Gasteiger partial charge < -0.3 is 5.32 Å². The van der Waals surface area contributed by atoms with Crippen molar-refractivity contribution in [2.45, 2.75) is 0 Å². The Labute approximate surface area is 138 Å². The number of halogens is 2. The molecule has 0 amide bonds. The van der Waals surface area contributed by atoms with E-state index in [1.807, 2.05) is 6.07 Å². The standard InChI is InChI=1S/C17H13Cl2NO2/c18-14-7-6-13(10-15(14)19)16(21)8-9-20-11-17(22)12-4-2-1-3-5-12/h1-10,20H,11H2/b9-8-. The Kier molecular flexibility index (Phi) is 5.75. The Morgan fingerprint density at radius 1 is 0.955 bits per heavy atom. The van der Waals surface area contributed by atoms with E-state index in [0.717, 1.165) is 0 Å². The summed E-state index contributed by atoms with van der Waals surface area (Å²) in [5.41, 5.74) is 1.06. The van der Waals surface area contributed by atoms with Crippen LogP contribution in [0, 0.1) is 0 Å². The second-order valence-electron chi connectivity index (χ2n) is 4.50. The summed E-state index contributed by atoms with van der Waals surface area (Å²) in [6.07, 6.45) is 2.80. The minimum atomic E-state index is -0.224. The first-order chi connectivity index (χ1) is 10.6. The highest BCUT2D eigenvalue weighted by Crippen LogP contribution is 2.22. The van der Waals surface area contributed by atoms with Gasteiger partial charge in [-0.05, 0) is 18.2 Å². The second-order valence-corrected chi connectivity index (χ2v) is 5.31. The third-order valence-corrected chi connectivity index (χ3v) is 3.65. The Balaban J connectivity index is 1.88. The van der Waals surface area contributed by atoms with Gasteiger partial charge in [-0.3, -0.25) is 9.59 Å². The van der Waals surface area contributed by atoms with Crippen molar-refractivity contribution < 1.29 is 9.59 Å². The molecule has 0 bridgehead atoms. The molecule has 0 spiro atoms. The largest absolute Gasteiger partial charge is 0.383 e. The maximum atomic E-state index is 11.9. The maximum absolute atomic E-state index is 11.9. The molecular formula is C17H13Cl2NO2. The van der Waals surface area contributed by atoms with Crippen LogP contribution in [-0.2, 0) is 0 Å². The van der Waals surface area contributed by atoms with Crippen LogP contribution in [-0.4, -0.2) is 18.1 Å². The summed E-state index contributed by atoms with van der Waals surface area (Å²) in [6, 6.07) is 13.6. The van der Waals surface area contributed by atoms with Gasteiger partial charge in [0.25, 0.3) is 0 Å². The molecule has 0 aromatic heterocycles. The highest BCUT2D eigenvalue weighted by atomic mass is 35.5. The van der Waals surface area contributed by atoms with Crippen LogP contribution in [0.1, 0.15) is 20.7 Å². The van der Waals surface area contributed by atoms with E-state index in [0.29, 0.717) is 21.2 Å². The highest BCUT2D eigenvalue weighted by molar-refractivity contribution is 6.42. The van der Waals surface area contributed by atoms with Crippen LogP contribution in [0.2, 0.25) is 10.0 Å². The number of benzene rings is 2. The lowest BCUT2D eigenvalue weighted by Gasteiger charge is -2.01. The van der Waals surface area contributed by atoms with Crippen molar-refractivity contribution >= 4 is 34.8 Å². The Morgan fingerprint density at radius 2 is 1.68 bits per heavy atom. The minimum absolute atomic E-state index is 0.0489. The number of rotatable bonds is 6. The molecule has 0 atom stereocenters. The van der Waals surface area contributed by atoms with Crippen molar-refractivity contribution in [3.63, 3.8) is 0 Å². The highest BCUT2D eigenvalue weighted by Gasteiger charge is 2.05. The van der Waals surface area contributed by atoms with Crippen molar-refractivity contribution in [1.82, 2.24) is 5.32 Å². The Bertz CT molecular complexity index is 712. The topological polar surface area (TPSA) is 46.2 Å². The lowest BCUT2D eigenvalue weighted by Crippen LogP contribution is -2.18. The molecule has 0 aliphatic heterocycles. The summed E-state index contributed by atoms with van der Waals surface area (Å²) in [4.78, 5) is 23.7. The third-order valence-electron chi connectivity index (χ3n) is 2.92. The quantitative estimate of drug-likeness (QED) is 0.637. The molecule has 0 unspecified atom stereocenters. The predicted octanol–water partition coefficient (Wildman–Crippen LogP) is 4.16. The van der Waals surface area contributed by atoms with Crippen molar-refractivity contribution in [2.24, 2.45) is 0 Å². The molecule has 5 heteroatoms. The average molecular weight is 334 g/mol. The fraction of sp³-hybridized carbons (Fsp3) is 0.0588. The van der Waals surface area contributed by atoms with Gasteiger partial charge in [0.05, 0.1) is 16.6 Å². The lowest BCUT2D eigenvalue weighted by molar-refractivity contribution is 0.0992. The molecule has 0 fully saturated rings. The van der Waals surface area contributed by atoms with Gasteiger partial charge >= 0.3 is 0 Å². The van der Waals surface area contributed by atoms with Gasteiger partial charge in [0, 0.05) is 23.4 Å². The zero-order chi connectivity index (χ0) is 15.9. The zero-order valence-electron chi connectivity index (χ0n) is 11.6. The fourth-order valence-corrected chi connectivity index (χ4v) is 2.06. The first-order valence-electron chi connectivity index (χ1n) is 6.55. The summed E-state index contributed by atoms with van der Waals surface area (Å²) < 4.78 is 0. The van der Waals surface area contributed by atoms with E-state index in [-0.39, 0.29) is 18.1 Å². The molecule has 0 radical (unpaired) electrons. The molecule has 0 aliphatic carbocycles. The molecular weight excluding hydrogens is 321 g/mol. The monoisotopic (exact) mass is 333 g/mol. The van der Waals surface area contributed by atoms with Crippen LogP contribution in [0.3, 0.4) is 0 Å². The summed E-state index contributed by atoms with van der Waals surface area (Å²) >= 11 is 11.7. The van der Waals surface area contributed by atoms with E-state index >= 15 is 0 Å². The summed E-state index contributed by atoms with van der Waals surface area (Å²) in [7, 11) is 0. The van der Waals surface area contributed by atoms with E-state index in [9.17, 15) is 9.59 Å². The number of ketones is 2. The number of carbonyl (C=O) groups excluding carboxylic acids is 2. The summed E-state index contributed by atoms with van der Waals surface area (Å²) in [5.74, 6) is -0.273. The van der Waals surface area contributed by atoms with Crippen LogP contribution in [0.5, 0.6) is 0 Å². The van der Waals surface area contributed by atoms with E-state index < -0.39 is 0 Å². The molecule has 0 saturated carbocycles. The SMILES string of the molecule is O=C(/C=C\NCC(=O)c1ccccc1)c1ccc(Cl)c(Cl)c1. The molecule has 2 rings (SSSR count). The second kappa shape index (κ2) is 7.78. The summed E-state index contributed by atoms with van der Waals surface area (Å²) in [5, 5.41) is 3.52. The smallest absolute Gasteiger partial charge is 0.187 e. The van der Waals surface area contributed by atoms with Gasteiger partial charge in [0.1, 0.15) is 0 Å². The van der Waals surface area contributed by atoms with Crippen LogP contribution in [0.25, 0.3) is 0 Å². The third kappa shape index (κ3) is 4.45. The van der Waals surface area contributed by atoms with Gasteiger partial charge in [0.15, 0.2) is 11.6 Å². The molecule has 112 valence electrons. The number of hydrogen-bond acceptors (Lipinski definition) is 3. The molecule has 2 aromatic carbocycles. The maximum Gasteiger partial charge on any atom is 0.187 e. The first-order valence-corrected chi connectivity index (χ1v) is 7.31. The van der Waals surface area contributed by atoms with E-state index in [2.05, 4.69) is 5.32 Å². The van der Waals surface area contributed by atoms with Gasteiger partial charge in [-0.2, -0.15) is 0 Å². The molecule has 22 heavy (non-hydrogen) atoms. The van der Waals surface area contributed by atoms with Crippen molar-refractivity contribution in [1.29, 1.82) is 0 Å². The average Bonchev–Trinajstić information content (AvgIpc) is 2.54. The molecule has 3 nitrogen and oxygen atoms in total. The fourth-order valence-electron chi connectivity index (χ4n) is 1.76. The van der Waals surface area contributed by atoms with Crippen molar-refractivity contribution in [3.05, 3.63) is 82.0 Å². The van der Waals surface area contributed by atoms with Gasteiger partial charge in [-0.15, -0.1) is 0 Å². The molecule has 2 aromatic rings. The van der Waals surface area contributed by atoms with Crippen molar-refractivity contribution in [3.8, 4) is 0 Å². The molecule has 0 heterocycles. The summed E-state index contributed by atoms with van der Waals surface area (Å²) in [6.45, 7) is 0.120. The molecule has 0 saturated heterocycles. The number of Topliss-reactive ketones (excluding diaryl/α,β-unsaturated/α-hetero) is 1. The first kappa shape index (κ1) is 16.3.